The maximum absolute atomic E-state index is 14.5. The van der Waals surface area contributed by atoms with Crippen molar-refractivity contribution < 1.29 is 18.0 Å². The van der Waals surface area contributed by atoms with E-state index in [4.69, 9.17) is 23.2 Å². The third-order valence-electron chi connectivity index (χ3n) is 6.73. The van der Waals surface area contributed by atoms with Gasteiger partial charge >= 0.3 is 0 Å². The molecule has 1 atom stereocenters. The smallest absolute Gasteiger partial charge is 0.264 e. The van der Waals surface area contributed by atoms with Crippen molar-refractivity contribution in [1.29, 1.82) is 0 Å². The van der Waals surface area contributed by atoms with E-state index in [-0.39, 0.29) is 40.5 Å². The molecule has 0 radical (unpaired) electrons. The number of carbonyl (C=O) groups excluding carboxylic acids is 2. The molecule has 230 valence electrons. The van der Waals surface area contributed by atoms with Gasteiger partial charge in [-0.3, -0.25) is 13.9 Å². The fourth-order valence-corrected chi connectivity index (χ4v) is 7.14. The van der Waals surface area contributed by atoms with Gasteiger partial charge in [-0.1, -0.05) is 99.8 Å². The fraction of sp³-hybridized carbons (Fsp3) is 0.212. The first-order valence-electron chi connectivity index (χ1n) is 13.9. The van der Waals surface area contributed by atoms with E-state index in [2.05, 4.69) is 21.2 Å². The lowest BCUT2D eigenvalue weighted by Gasteiger charge is -2.34. The Balaban J connectivity index is 1.82. The second kappa shape index (κ2) is 15.1. The van der Waals surface area contributed by atoms with Crippen LogP contribution >= 0.6 is 39.1 Å². The summed E-state index contributed by atoms with van der Waals surface area (Å²) in [5.41, 5.74) is 1.69. The Kier molecular flexibility index (Phi) is 11.5. The molecule has 0 aliphatic carbocycles. The number of carbonyl (C=O) groups is 2. The normalized spacial score (nSPS) is 12.0. The van der Waals surface area contributed by atoms with Crippen molar-refractivity contribution >= 4 is 66.7 Å². The Morgan fingerprint density at radius 2 is 1.48 bits per heavy atom. The zero-order chi connectivity index (χ0) is 31.9. The zero-order valence-corrected chi connectivity index (χ0v) is 28.1. The van der Waals surface area contributed by atoms with Gasteiger partial charge in [-0.25, -0.2) is 8.42 Å². The Bertz CT molecular complexity index is 1710. The molecule has 44 heavy (non-hydrogen) atoms. The zero-order valence-electron chi connectivity index (χ0n) is 24.2. The molecule has 0 bridgehead atoms. The second-order valence-electron chi connectivity index (χ2n) is 10.4. The van der Waals surface area contributed by atoms with Crippen molar-refractivity contribution in [2.45, 2.75) is 43.8 Å². The van der Waals surface area contributed by atoms with Gasteiger partial charge in [-0.2, -0.15) is 0 Å². The second-order valence-corrected chi connectivity index (χ2v) is 14.1. The van der Waals surface area contributed by atoms with E-state index >= 15 is 0 Å². The van der Waals surface area contributed by atoms with E-state index in [1.54, 1.807) is 18.2 Å². The molecule has 11 heteroatoms. The number of anilines is 1. The Morgan fingerprint density at radius 3 is 2.09 bits per heavy atom. The van der Waals surface area contributed by atoms with Crippen LogP contribution in [-0.2, 0) is 32.6 Å². The number of sulfonamides is 1. The average molecular weight is 718 g/mol. The summed E-state index contributed by atoms with van der Waals surface area (Å²) in [4.78, 5) is 29.6. The summed E-state index contributed by atoms with van der Waals surface area (Å²) < 4.78 is 29.9. The molecule has 0 saturated carbocycles. The van der Waals surface area contributed by atoms with Crippen LogP contribution in [0.1, 0.15) is 25.0 Å². The molecule has 0 spiro atoms. The molecular weight excluding hydrogens is 685 g/mol. The molecule has 0 fully saturated rings. The Morgan fingerprint density at radius 1 is 0.841 bits per heavy atom. The number of benzene rings is 4. The van der Waals surface area contributed by atoms with Crippen molar-refractivity contribution in [3.8, 4) is 0 Å². The van der Waals surface area contributed by atoms with E-state index in [1.165, 1.54) is 35.2 Å². The van der Waals surface area contributed by atoms with Crippen LogP contribution in [0.15, 0.2) is 112 Å². The lowest BCUT2D eigenvalue weighted by atomic mass is 10.0. The monoisotopic (exact) mass is 715 g/mol. The Labute approximate surface area is 277 Å². The molecule has 7 nitrogen and oxygen atoms in total. The predicted molar refractivity (Wildman–Crippen MR) is 179 cm³/mol. The van der Waals surface area contributed by atoms with Crippen LogP contribution in [0.5, 0.6) is 0 Å². The molecule has 0 unspecified atom stereocenters. The topological polar surface area (TPSA) is 86.8 Å². The first-order chi connectivity index (χ1) is 21.0. The number of hydrogen-bond donors (Lipinski definition) is 1. The van der Waals surface area contributed by atoms with Crippen LogP contribution in [-0.4, -0.2) is 43.8 Å². The number of nitrogens with one attached hydrogen (secondary N) is 1. The van der Waals surface area contributed by atoms with Crippen LogP contribution in [0.25, 0.3) is 0 Å². The number of halogens is 3. The SMILES string of the molecule is CC(C)NC(=O)[C@H](Cc1ccccc1)N(Cc1cccc(Br)c1)C(=O)CN(c1ccc(Cl)cc1Cl)S(=O)(=O)c1ccccc1. The van der Waals surface area contributed by atoms with Crippen LogP contribution < -0.4 is 9.62 Å². The standard InChI is InChI=1S/C33H32BrCl2N3O4S/c1-23(2)37-33(41)31(19-24-10-5-3-6-11-24)38(21-25-12-9-13-26(34)18-25)32(40)22-39(30-17-16-27(35)20-29(30)36)44(42,43)28-14-7-4-8-15-28/h3-18,20,23,31H,19,21-22H2,1-2H3,(H,37,41)/t31-/m0/s1. The highest BCUT2D eigenvalue weighted by molar-refractivity contribution is 9.10. The highest BCUT2D eigenvalue weighted by Gasteiger charge is 2.35. The van der Waals surface area contributed by atoms with E-state index in [1.807, 2.05) is 68.4 Å². The molecule has 4 rings (SSSR count). The van der Waals surface area contributed by atoms with Crippen molar-refractivity contribution in [2.24, 2.45) is 0 Å². The van der Waals surface area contributed by atoms with Crippen molar-refractivity contribution in [3.05, 3.63) is 129 Å². The molecule has 2 amide bonds. The summed E-state index contributed by atoms with van der Waals surface area (Å²) in [5.74, 6) is -0.940. The average Bonchev–Trinajstić information content (AvgIpc) is 2.98. The predicted octanol–water partition coefficient (Wildman–Crippen LogP) is 7.12. The first-order valence-corrected chi connectivity index (χ1v) is 16.9. The Hall–Kier alpha value is -3.37. The van der Waals surface area contributed by atoms with Gasteiger partial charge in [0.1, 0.15) is 12.6 Å². The van der Waals surface area contributed by atoms with Crippen molar-refractivity contribution in [1.82, 2.24) is 10.2 Å². The van der Waals surface area contributed by atoms with Crippen molar-refractivity contribution in [2.75, 3.05) is 10.8 Å². The minimum atomic E-state index is -4.27. The van der Waals surface area contributed by atoms with E-state index in [0.717, 1.165) is 19.9 Å². The van der Waals surface area contributed by atoms with Gasteiger partial charge in [0.15, 0.2) is 0 Å². The maximum atomic E-state index is 14.5. The fourth-order valence-electron chi connectivity index (χ4n) is 4.68. The van der Waals surface area contributed by atoms with Gasteiger partial charge in [0.25, 0.3) is 10.0 Å². The van der Waals surface area contributed by atoms with Gasteiger partial charge in [0.05, 0.1) is 15.6 Å². The van der Waals surface area contributed by atoms with Gasteiger partial charge in [-0.05, 0) is 67.4 Å². The summed E-state index contributed by atoms with van der Waals surface area (Å²) in [6, 6.07) is 27.8. The lowest BCUT2D eigenvalue weighted by Crippen LogP contribution is -2.54. The number of nitrogens with zero attached hydrogens (tertiary/aromatic N) is 2. The van der Waals surface area contributed by atoms with Crippen LogP contribution in [0, 0.1) is 0 Å². The van der Waals surface area contributed by atoms with Gasteiger partial charge < -0.3 is 10.2 Å². The van der Waals surface area contributed by atoms with Crippen molar-refractivity contribution in [3.63, 3.8) is 0 Å². The van der Waals surface area contributed by atoms with Gasteiger partial charge in [0.2, 0.25) is 11.8 Å². The number of rotatable bonds is 12. The molecular formula is C33H32BrCl2N3O4S. The molecule has 4 aromatic rings. The number of hydrogen-bond acceptors (Lipinski definition) is 4. The minimum Gasteiger partial charge on any atom is -0.352 e. The van der Waals surface area contributed by atoms with Gasteiger partial charge in [-0.15, -0.1) is 0 Å². The van der Waals surface area contributed by atoms with E-state index < -0.39 is 28.5 Å². The summed E-state index contributed by atoms with van der Waals surface area (Å²) in [6.45, 7) is 3.12. The van der Waals surface area contributed by atoms with Crippen LogP contribution in [0.2, 0.25) is 10.0 Å². The molecule has 0 aliphatic rings. The third-order valence-corrected chi connectivity index (χ3v) is 9.54. The summed E-state index contributed by atoms with van der Waals surface area (Å²) >= 11 is 16.1. The molecule has 0 saturated heterocycles. The highest BCUT2D eigenvalue weighted by Crippen LogP contribution is 2.33. The minimum absolute atomic E-state index is 0.0178. The van der Waals surface area contributed by atoms with E-state index in [9.17, 15) is 18.0 Å². The quantitative estimate of drug-likeness (QED) is 0.169. The molecule has 0 aliphatic heterocycles. The lowest BCUT2D eigenvalue weighted by molar-refractivity contribution is -0.140. The molecule has 0 aromatic heterocycles. The number of amides is 2. The molecule has 0 heterocycles. The summed E-state index contributed by atoms with van der Waals surface area (Å²) in [5, 5.41) is 3.31. The van der Waals surface area contributed by atoms with Crippen LogP contribution in [0.4, 0.5) is 5.69 Å². The first kappa shape index (κ1) is 33.5. The van der Waals surface area contributed by atoms with Crippen LogP contribution in [0.3, 0.4) is 0 Å². The molecule has 4 aromatic carbocycles. The largest absolute Gasteiger partial charge is 0.352 e. The summed E-state index contributed by atoms with van der Waals surface area (Å²) in [6.07, 6.45) is 0.215. The maximum Gasteiger partial charge on any atom is 0.264 e. The van der Waals surface area contributed by atoms with E-state index in [0.29, 0.717) is 5.02 Å². The molecule has 1 N–H and O–H groups in total. The van der Waals surface area contributed by atoms with Gasteiger partial charge in [0, 0.05) is 28.5 Å². The third kappa shape index (κ3) is 8.63. The summed E-state index contributed by atoms with van der Waals surface area (Å²) in [7, 11) is -4.27. The highest BCUT2D eigenvalue weighted by atomic mass is 79.9.